The molecule has 5 aromatic rings. The second kappa shape index (κ2) is 12.1. The zero-order valence-electron chi connectivity index (χ0n) is 23.0. The van der Waals surface area contributed by atoms with Gasteiger partial charge in [-0.1, -0.05) is 30.3 Å². The van der Waals surface area contributed by atoms with Crippen LogP contribution >= 0.6 is 0 Å². The van der Waals surface area contributed by atoms with Crippen LogP contribution < -0.4 is 4.74 Å². The Kier molecular flexibility index (Phi) is 8.32. The topological polar surface area (TPSA) is 121 Å². The Morgan fingerprint density at radius 2 is 1.81 bits per heavy atom. The summed E-state index contributed by atoms with van der Waals surface area (Å²) in [7, 11) is -1.76. The highest BCUT2D eigenvalue weighted by molar-refractivity contribution is 7.90. The summed E-state index contributed by atoms with van der Waals surface area (Å²) in [6.07, 6.45) is 1.34. The van der Waals surface area contributed by atoms with E-state index in [-0.39, 0.29) is 23.5 Å². The molecule has 42 heavy (non-hydrogen) atoms. The minimum absolute atomic E-state index is 0.116. The quantitative estimate of drug-likeness (QED) is 0.225. The Hall–Kier alpha value is -4.61. The first-order chi connectivity index (χ1) is 20.1. The molecule has 0 saturated heterocycles. The second-order valence-corrected chi connectivity index (χ2v) is 11.7. The number of fused-ring (bicyclic) bond motifs is 1. The number of sulfone groups is 1. The van der Waals surface area contributed by atoms with Crippen LogP contribution in [0, 0.1) is 5.82 Å². The number of pyridine rings is 1. The minimum Gasteiger partial charge on any atom is -0.478 e. The van der Waals surface area contributed by atoms with Crippen molar-refractivity contribution in [3.63, 3.8) is 0 Å². The molecule has 0 bridgehead atoms. The van der Waals surface area contributed by atoms with Gasteiger partial charge in [0, 0.05) is 38.0 Å². The molecule has 0 atom stereocenters. The molecule has 9 nitrogen and oxygen atoms in total. The number of nitrogens with zero attached hydrogens (tertiary/aromatic N) is 3. The molecule has 0 radical (unpaired) electrons. The molecule has 0 amide bonds. The van der Waals surface area contributed by atoms with E-state index < -0.39 is 21.6 Å². The lowest BCUT2D eigenvalue weighted by molar-refractivity contribution is 0.0697. The van der Waals surface area contributed by atoms with E-state index in [1.54, 1.807) is 67.8 Å². The molecule has 1 N–H and O–H groups in total. The third-order valence-electron chi connectivity index (χ3n) is 6.73. The number of ether oxygens (including phenoxy) is 2. The summed E-state index contributed by atoms with van der Waals surface area (Å²) in [4.78, 5) is 20.8. The van der Waals surface area contributed by atoms with Gasteiger partial charge in [-0.2, -0.15) is 0 Å². The fourth-order valence-corrected chi connectivity index (χ4v) is 5.26. The van der Waals surface area contributed by atoms with Crippen molar-refractivity contribution in [3.8, 4) is 17.1 Å². The highest BCUT2D eigenvalue weighted by Crippen LogP contribution is 2.26. The summed E-state index contributed by atoms with van der Waals surface area (Å²) < 4.78 is 51.9. The van der Waals surface area contributed by atoms with E-state index >= 15 is 4.39 Å². The summed E-state index contributed by atoms with van der Waals surface area (Å²) in [6.45, 7) is 0.927. The van der Waals surface area contributed by atoms with E-state index in [1.165, 1.54) is 18.2 Å². The van der Waals surface area contributed by atoms with E-state index in [1.807, 2.05) is 4.57 Å². The monoisotopic (exact) mass is 589 g/mol. The Morgan fingerprint density at radius 3 is 2.55 bits per heavy atom. The third kappa shape index (κ3) is 6.48. The number of carboxylic acid groups (broad SMARTS) is 1. The Morgan fingerprint density at radius 1 is 1.00 bits per heavy atom. The van der Waals surface area contributed by atoms with Crippen LogP contribution in [0.15, 0.2) is 83.8 Å². The van der Waals surface area contributed by atoms with Gasteiger partial charge in [-0.3, -0.25) is 0 Å². The molecule has 11 heteroatoms. The Labute approximate surface area is 242 Å². The van der Waals surface area contributed by atoms with Crippen LogP contribution in [-0.4, -0.2) is 54.0 Å². The SMILES string of the molecule is COCCn1c(Cc2ccc(-c3cccc(OCc4cccc(S(C)(=O)=O)c4)n3)cc2F)nc2ccc(C(=O)O)cc21. The molecule has 0 aliphatic heterocycles. The first kappa shape index (κ1) is 28.9. The van der Waals surface area contributed by atoms with Gasteiger partial charge in [-0.25, -0.2) is 27.6 Å². The second-order valence-electron chi connectivity index (χ2n) is 9.73. The van der Waals surface area contributed by atoms with E-state index in [0.717, 1.165) is 6.26 Å². The van der Waals surface area contributed by atoms with Gasteiger partial charge in [0.1, 0.15) is 18.2 Å². The molecule has 216 valence electrons. The van der Waals surface area contributed by atoms with Gasteiger partial charge in [-0.15, -0.1) is 0 Å². The van der Waals surface area contributed by atoms with Crippen molar-refractivity contribution >= 4 is 26.8 Å². The summed E-state index contributed by atoms with van der Waals surface area (Å²) >= 11 is 0. The number of hydrogen-bond donors (Lipinski definition) is 1. The number of hydrogen-bond acceptors (Lipinski definition) is 7. The summed E-state index contributed by atoms with van der Waals surface area (Å²) in [5, 5.41) is 9.41. The van der Waals surface area contributed by atoms with E-state index in [0.29, 0.717) is 58.3 Å². The molecule has 3 aromatic carbocycles. The highest BCUT2D eigenvalue weighted by atomic mass is 32.2. The summed E-state index contributed by atoms with van der Waals surface area (Å²) in [5.74, 6) is -0.572. The maximum Gasteiger partial charge on any atom is 0.335 e. The van der Waals surface area contributed by atoms with Crippen molar-refractivity contribution in [1.29, 1.82) is 0 Å². The predicted molar refractivity (Wildman–Crippen MR) is 155 cm³/mol. The summed E-state index contributed by atoms with van der Waals surface area (Å²) in [5.41, 5.74) is 3.57. The molecule has 0 aliphatic rings. The molecule has 5 rings (SSSR count). The molecule has 0 saturated carbocycles. The van der Waals surface area contributed by atoms with Crippen molar-refractivity contribution < 1.29 is 32.2 Å². The highest BCUT2D eigenvalue weighted by Gasteiger charge is 2.16. The number of rotatable bonds is 11. The molecule has 0 unspecified atom stereocenters. The number of carbonyl (C=O) groups is 1. The zero-order chi connectivity index (χ0) is 29.9. The average Bonchev–Trinajstić information content (AvgIpc) is 3.31. The van der Waals surface area contributed by atoms with Crippen molar-refractivity contribution in [2.75, 3.05) is 20.0 Å². The number of benzene rings is 3. The van der Waals surface area contributed by atoms with Crippen LogP contribution in [0.1, 0.15) is 27.3 Å². The smallest absolute Gasteiger partial charge is 0.335 e. The third-order valence-corrected chi connectivity index (χ3v) is 7.84. The predicted octanol–water partition coefficient (Wildman–Crippen LogP) is 5.16. The summed E-state index contributed by atoms with van der Waals surface area (Å²) in [6, 6.07) is 21.2. The van der Waals surface area contributed by atoms with Crippen LogP contribution in [0.25, 0.3) is 22.3 Å². The minimum atomic E-state index is -3.34. The Balaban J connectivity index is 1.36. The van der Waals surface area contributed by atoms with Crippen LogP contribution in [0.5, 0.6) is 5.88 Å². The van der Waals surface area contributed by atoms with Crippen molar-refractivity contribution in [3.05, 3.63) is 107 Å². The van der Waals surface area contributed by atoms with E-state index in [4.69, 9.17) is 9.47 Å². The van der Waals surface area contributed by atoms with Gasteiger partial charge in [0.2, 0.25) is 5.88 Å². The first-order valence-corrected chi connectivity index (χ1v) is 14.9. The number of halogens is 1. The van der Waals surface area contributed by atoms with Gasteiger partial charge in [0.05, 0.1) is 33.8 Å². The molecule has 2 heterocycles. The largest absolute Gasteiger partial charge is 0.478 e. The van der Waals surface area contributed by atoms with Crippen LogP contribution in [0.4, 0.5) is 4.39 Å². The first-order valence-electron chi connectivity index (χ1n) is 13.0. The molecular formula is C31H28FN3O6S. The number of aromatic carboxylic acids is 1. The fraction of sp³-hybridized carbons (Fsp3) is 0.194. The van der Waals surface area contributed by atoms with Gasteiger partial charge in [0.15, 0.2) is 9.84 Å². The molecular weight excluding hydrogens is 561 g/mol. The number of carboxylic acids is 1. The lowest BCUT2D eigenvalue weighted by atomic mass is 10.1. The standard InChI is InChI=1S/C31H28FN3O6S/c1-40-14-13-35-28-17-23(31(36)37)11-12-27(28)33-29(35)18-21-9-10-22(16-25(21)32)26-7-4-8-30(34-26)41-19-20-5-3-6-24(15-20)42(2,38)39/h3-12,15-17H,13-14,18-19H2,1-2H3,(H,36,37). The van der Waals surface area contributed by atoms with Gasteiger partial charge < -0.3 is 19.1 Å². The van der Waals surface area contributed by atoms with Gasteiger partial charge >= 0.3 is 5.97 Å². The lowest BCUT2D eigenvalue weighted by Crippen LogP contribution is -2.10. The number of aromatic nitrogens is 3. The van der Waals surface area contributed by atoms with Crippen molar-refractivity contribution in [1.82, 2.24) is 14.5 Å². The van der Waals surface area contributed by atoms with Crippen molar-refractivity contribution in [2.45, 2.75) is 24.5 Å². The van der Waals surface area contributed by atoms with Crippen LogP contribution in [0.2, 0.25) is 0 Å². The molecule has 0 fully saturated rings. The fourth-order valence-electron chi connectivity index (χ4n) is 4.57. The van der Waals surface area contributed by atoms with E-state index in [2.05, 4.69) is 9.97 Å². The molecule has 0 spiro atoms. The maximum atomic E-state index is 15.4. The normalized spacial score (nSPS) is 11.6. The van der Waals surface area contributed by atoms with Crippen molar-refractivity contribution in [2.24, 2.45) is 0 Å². The average molecular weight is 590 g/mol. The van der Waals surface area contributed by atoms with E-state index in [9.17, 15) is 18.3 Å². The Bertz CT molecular complexity index is 1890. The van der Waals surface area contributed by atoms with Gasteiger partial charge in [0.25, 0.3) is 0 Å². The number of imidazole rings is 1. The molecule has 0 aliphatic carbocycles. The zero-order valence-corrected chi connectivity index (χ0v) is 23.8. The lowest BCUT2D eigenvalue weighted by Gasteiger charge is -2.11. The number of methoxy groups -OCH3 is 1. The molecule has 2 aromatic heterocycles. The maximum absolute atomic E-state index is 15.4. The van der Waals surface area contributed by atoms with Crippen LogP contribution in [-0.2, 0) is 34.1 Å². The van der Waals surface area contributed by atoms with Crippen LogP contribution in [0.3, 0.4) is 0 Å². The van der Waals surface area contributed by atoms with Gasteiger partial charge in [-0.05, 0) is 53.6 Å².